The van der Waals surface area contributed by atoms with Gasteiger partial charge < -0.3 is 19.8 Å². The van der Waals surface area contributed by atoms with Gasteiger partial charge in [-0.1, -0.05) is 0 Å². The Kier molecular flexibility index (Phi) is 4.25. The van der Waals surface area contributed by atoms with Gasteiger partial charge in [-0.05, 0) is 36.4 Å². The van der Waals surface area contributed by atoms with Gasteiger partial charge in [-0.25, -0.2) is 0 Å². The number of rotatable bonds is 6. The fourth-order valence-corrected chi connectivity index (χ4v) is 1.79. The van der Waals surface area contributed by atoms with E-state index in [9.17, 15) is 0 Å². The molecule has 0 saturated carbocycles. The minimum atomic E-state index is 0.551. The van der Waals surface area contributed by atoms with E-state index >= 15 is 0 Å². The maximum absolute atomic E-state index is 5.66. The maximum atomic E-state index is 5.66. The minimum Gasteiger partial charge on any atom is -0.497 e. The Morgan fingerprint density at radius 3 is 2.50 bits per heavy atom. The number of hydrogen-bond acceptors (Lipinski definition) is 3. The van der Waals surface area contributed by atoms with Gasteiger partial charge in [0.1, 0.15) is 18.1 Å². The first-order valence-electron chi connectivity index (χ1n) is 5.94. The van der Waals surface area contributed by atoms with Crippen LogP contribution in [0.15, 0.2) is 42.6 Å². The van der Waals surface area contributed by atoms with Gasteiger partial charge in [-0.15, -0.1) is 0 Å². The molecule has 0 aliphatic heterocycles. The number of nitrogens with two attached hydrogens (primary N) is 1. The summed E-state index contributed by atoms with van der Waals surface area (Å²) >= 11 is 0. The lowest BCUT2D eigenvalue weighted by molar-refractivity contribution is 0.296. The van der Waals surface area contributed by atoms with E-state index in [0.29, 0.717) is 13.2 Å². The molecule has 0 bridgehead atoms. The molecule has 0 fully saturated rings. The SMILES string of the molecule is COc1ccc(OCCn2cccc2CN)cc1. The molecular weight excluding hydrogens is 228 g/mol. The van der Waals surface area contributed by atoms with Crippen LogP contribution in [0.25, 0.3) is 0 Å². The van der Waals surface area contributed by atoms with Crippen LogP contribution in [0.1, 0.15) is 5.69 Å². The average Bonchev–Trinajstić information content (AvgIpc) is 2.87. The monoisotopic (exact) mass is 246 g/mol. The summed E-state index contributed by atoms with van der Waals surface area (Å²) in [6.07, 6.45) is 2.01. The quantitative estimate of drug-likeness (QED) is 0.848. The summed E-state index contributed by atoms with van der Waals surface area (Å²) in [7, 11) is 1.65. The Labute approximate surface area is 107 Å². The normalized spacial score (nSPS) is 10.3. The Morgan fingerprint density at radius 2 is 1.83 bits per heavy atom. The highest BCUT2D eigenvalue weighted by atomic mass is 16.5. The first-order valence-corrected chi connectivity index (χ1v) is 5.94. The third kappa shape index (κ3) is 3.05. The van der Waals surface area contributed by atoms with Gasteiger partial charge in [0.2, 0.25) is 0 Å². The smallest absolute Gasteiger partial charge is 0.119 e. The zero-order chi connectivity index (χ0) is 12.8. The van der Waals surface area contributed by atoms with Crippen molar-refractivity contribution in [2.45, 2.75) is 13.1 Å². The van der Waals surface area contributed by atoms with Crippen LogP contribution in [0.3, 0.4) is 0 Å². The number of methoxy groups -OCH3 is 1. The van der Waals surface area contributed by atoms with E-state index in [1.807, 2.05) is 42.6 Å². The van der Waals surface area contributed by atoms with Gasteiger partial charge in [0.05, 0.1) is 13.7 Å². The fraction of sp³-hybridized carbons (Fsp3) is 0.286. The van der Waals surface area contributed by atoms with Crippen LogP contribution in [0, 0.1) is 0 Å². The van der Waals surface area contributed by atoms with Gasteiger partial charge in [0, 0.05) is 18.4 Å². The lowest BCUT2D eigenvalue weighted by Crippen LogP contribution is -2.12. The highest BCUT2D eigenvalue weighted by molar-refractivity contribution is 5.31. The van der Waals surface area contributed by atoms with E-state index in [1.165, 1.54) is 0 Å². The van der Waals surface area contributed by atoms with Crippen molar-refractivity contribution in [3.63, 3.8) is 0 Å². The Bertz CT molecular complexity index is 477. The van der Waals surface area contributed by atoms with E-state index in [-0.39, 0.29) is 0 Å². The molecule has 0 amide bonds. The van der Waals surface area contributed by atoms with E-state index in [1.54, 1.807) is 7.11 Å². The third-order valence-electron chi connectivity index (χ3n) is 2.79. The Morgan fingerprint density at radius 1 is 1.11 bits per heavy atom. The lowest BCUT2D eigenvalue weighted by Gasteiger charge is -2.10. The molecule has 18 heavy (non-hydrogen) atoms. The van der Waals surface area contributed by atoms with E-state index in [4.69, 9.17) is 15.2 Å². The molecule has 96 valence electrons. The fourth-order valence-electron chi connectivity index (χ4n) is 1.79. The standard InChI is InChI=1S/C14H18N2O2/c1-17-13-4-6-14(7-5-13)18-10-9-16-8-2-3-12(16)11-15/h2-8H,9-11,15H2,1H3. The van der Waals surface area contributed by atoms with Gasteiger partial charge >= 0.3 is 0 Å². The molecular formula is C14H18N2O2. The van der Waals surface area contributed by atoms with Gasteiger partial charge in [0.15, 0.2) is 0 Å². The summed E-state index contributed by atoms with van der Waals surface area (Å²) in [5.74, 6) is 1.68. The first-order chi connectivity index (χ1) is 8.83. The second kappa shape index (κ2) is 6.12. The van der Waals surface area contributed by atoms with Crippen LogP contribution >= 0.6 is 0 Å². The van der Waals surface area contributed by atoms with E-state index in [0.717, 1.165) is 23.7 Å². The van der Waals surface area contributed by atoms with Crippen LogP contribution in [0.4, 0.5) is 0 Å². The first kappa shape index (κ1) is 12.5. The van der Waals surface area contributed by atoms with Crippen molar-refractivity contribution >= 4 is 0 Å². The second-order valence-electron chi connectivity index (χ2n) is 3.92. The molecule has 0 aliphatic rings. The predicted octanol–water partition coefficient (Wildman–Crippen LogP) is 2.03. The van der Waals surface area contributed by atoms with Crippen LogP contribution in [-0.2, 0) is 13.1 Å². The van der Waals surface area contributed by atoms with Crippen molar-refractivity contribution in [3.05, 3.63) is 48.3 Å². The molecule has 0 radical (unpaired) electrons. The number of benzene rings is 1. The molecule has 0 unspecified atom stereocenters. The van der Waals surface area contributed by atoms with Crippen molar-refractivity contribution < 1.29 is 9.47 Å². The Hall–Kier alpha value is -1.94. The largest absolute Gasteiger partial charge is 0.497 e. The average molecular weight is 246 g/mol. The minimum absolute atomic E-state index is 0.551. The summed E-state index contributed by atoms with van der Waals surface area (Å²) in [6, 6.07) is 11.6. The predicted molar refractivity (Wildman–Crippen MR) is 70.8 cm³/mol. The highest BCUT2D eigenvalue weighted by Crippen LogP contribution is 2.17. The number of ether oxygens (including phenoxy) is 2. The van der Waals surface area contributed by atoms with Crippen molar-refractivity contribution in [2.75, 3.05) is 13.7 Å². The highest BCUT2D eigenvalue weighted by Gasteiger charge is 1.99. The zero-order valence-corrected chi connectivity index (χ0v) is 10.5. The Balaban J connectivity index is 1.84. The topological polar surface area (TPSA) is 49.4 Å². The molecule has 1 aromatic heterocycles. The molecule has 0 saturated heterocycles. The van der Waals surface area contributed by atoms with Gasteiger partial charge in [-0.3, -0.25) is 0 Å². The van der Waals surface area contributed by atoms with Crippen LogP contribution in [0.2, 0.25) is 0 Å². The van der Waals surface area contributed by atoms with Crippen molar-refractivity contribution in [1.29, 1.82) is 0 Å². The second-order valence-corrected chi connectivity index (χ2v) is 3.92. The molecule has 0 aliphatic carbocycles. The van der Waals surface area contributed by atoms with E-state index < -0.39 is 0 Å². The summed E-state index contributed by atoms with van der Waals surface area (Å²) in [4.78, 5) is 0. The molecule has 0 spiro atoms. The van der Waals surface area contributed by atoms with E-state index in [2.05, 4.69) is 4.57 Å². The van der Waals surface area contributed by atoms with Crippen molar-refractivity contribution in [1.82, 2.24) is 4.57 Å². The van der Waals surface area contributed by atoms with Crippen LogP contribution in [0.5, 0.6) is 11.5 Å². The molecule has 1 aromatic carbocycles. The zero-order valence-electron chi connectivity index (χ0n) is 10.5. The molecule has 2 rings (SSSR count). The number of hydrogen-bond donors (Lipinski definition) is 1. The molecule has 0 atom stereocenters. The number of aromatic nitrogens is 1. The molecule has 2 aromatic rings. The molecule has 4 heteroatoms. The molecule has 4 nitrogen and oxygen atoms in total. The van der Waals surface area contributed by atoms with Crippen molar-refractivity contribution in [2.24, 2.45) is 5.73 Å². The van der Waals surface area contributed by atoms with Crippen LogP contribution < -0.4 is 15.2 Å². The number of nitrogens with zero attached hydrogens (tertiary/aromatic N) is 1. The summed E-state index contributed by atoms with van der Waals surface area (Å²) in [5.41, 5.74) is 6.75. The van der Waals surface area contributed by atoms with Gasteiger partial charge in [0.25, 0.3) is 0 Å². The summed E-state index contributed by atoms with van der Waals surface area (Å²) < 4.78 is 12.9. The molecule has 2 N–H and O–H groups in total. The maximum Gasteiger partial charge on any atom is 0.119 e. The third-order valence-corrected chi connectivity index (χ3v) is 2.79. The lowest BCUT2D eigenvalue weighted by atomic mass is 10.3. The van der Waals surface area contributed by atoms with Gasteiger partial charge in [-0.2, -0.15) is 0 Å². The summed E-state index contributed by atoms with van der Waals surface area (Å²) in [6.45, 7) is 1.97. The van der Waals surface area contributed by atoms with Crippen LogP contribution in [-0.4, -0.2) is 18.3 Å². The summed E-state index contributed by atoms with van der Waals surface area (Å²) in [5, 5.41) is 0. The van der Waals surface area contributed by atoms with Crippen molar-refractivity contribution in [3.8, 4) is 11.5 Å². The molecule has 1 heterocycles.